The summed E-state index contributed by atoms with van der Waals surface area (Å²) in [6.07, 6.45) is 3.89. The number of carbonyl (C=O) groups excluding carboxylic acids is 1. The summed E-state index contributed by atoms with van der Waals surface area (Å²) in [5.74, 6) is -3.05. The van der Waals surface area contributed by atoms with Gasteiger partial charge in [0.2, 0.25) is 15.9 Å². The lowest BCUT2D eigenvalue weighted by Crippen LogP contribution is -2.46. The fourth-order valence-corrected chi connectivity index (χ4v) is 4.68. The lowest BCUT2D eigenvalue weighted by atomic mass is 10.1. The Morgan fingerprint density at radius 1 is 1.33 bits per heavy atom. The topological polar surface area (TPSA) is 115 Å². The third-order valence-electron chi connectivity index (χ3n) is 4.55. The second-order valence-corrected chi connectivity index (χ2v) is 8.58. The van der Waals surface area contributed by atoms with Gasteiger partial charge in [-0.15, -0.1) is 0 Å². The number of fused-ring (bicyclic) bond motifs is 1. The normalized spacial score (nSPS) is 20.1. The number of carbonyl (C=O) groups is 1. The van der Waals surface area contributed by atoms with Crippen molar-refractivity contribution in [1.82, 2.24) is 14.3 Å². The first-order valence-electron chi connectivity index (χ1n) is 8.63. The Bertz CT molecular complexity index is 1240. The number of sulfonamides is 1. The van der Waals surface area contributed by atoms with Gasteiger partial charge < -0.3 is 19.0 Å². The molecule has 1 aromatic carbocycles. The third-order valence-corrected chi connectivity index (χ3v) is 6.14. The Morgan fingerprint density at radius 3 is 2.77 bits per heavy atom. The van der Waals surface area contributed by atoms with Gasteiger partial charge in [0.15, 0.2) is 23.1 Å². The summed E-state index contributed by atoms with van der Waals surface area (Å²) in [5.41, 5.74) is -1.44. The van der Waals surface area contributed by atoms with E-state index in [0.29, 0.717) is 0 Å². The number of nitrogens with one attached hydrogen (secondary N) is 2. The van der Waals surface area contributed by atoms with Crippen molar-refractivity contribution in [1.29, 1.82) is 0 Å². The van der Waals surface area contributed by atoms with Crippen molar-refractivity contribution in [2.75, 3.05) is 11.9 Å². The van der Waals surface area contributed by atoms with Crippen molar-refractivity contribution in [2.24, 2.45) is 7.05 Å². The van der Waals surface area contributed by atoms with Gasteiger partial charge >= 0.3 is 0 Å². The fourth-order valence-electron chi connectivity index (χ4n) is 3.13. The van der Waals surface area contributed by atoms with Crippen LogP contribution in [0.2, 0.25) is 0 Å². The quantitative estimate of drug-likeness (QED) is 0.647. The van der Waals surface area contributed by atoms with Crippen molar-refractivity contribution in [2.45, 2.75) is 17.4 Å². The molecule has 0 spiro atoms. The van der Waals surface area contributed by atoms with Crippen molar-refractivity contribution < 1.29 is 31.1 Å². The first-order valence-corrected chi connectivity index (χ1v) is 10.1. The minimum atomic E-state index is -4.12. The summed E-state index contributed by atoms with van der Waals surface area (Å²) < 4.78 is 67.1. The standard InChI is InChI=1S/C18H16F2N4O5S/c1-18(17-21-5-6-28-17)9-29-15-13(30(26,27)23-18)8-24(2)14(15)16(25)22-10-3-4-11(19)12(20)7-10/h3-8,23H,9H2,1-2H3,(H,22,25). The molecule has 3 aromatic rings. The Hall–Kier alpha value is -3.25. The van der Waals surface area contributed by atoms with E-state index in [1.807, 2.05) is 0 Å². The molecule has 0 fully saturated rings. The minimum Gasteiger partial charge on any atom is -0.487 e. The molecule has 1 unspecified atom stereocenters. The zero-order chi connectivity index (χ0) is 21.7. The van der Waals surface area contributed by atoms with Gasteiger partial charge in [-0.25, -0.2) is 22.2 Å². The smallest absolute Gasteiger partial charge is 0.276 e. The SMILES string of the molecule is Cn1cc2c(c1C(=O)Nc1ccc(F)c(F)c1)OCC(C)(c1ncco1)NS2(=O)=O. The fraction of sp³-hybridized carbons (Fsp3) is 0.222. The van der Waals surface area contributed by atoms with Gasteiger partial charge in [0, 0.05) is 25.0 Å². The van der Waals surface area contributed by atoms with Gasteiger partial charge in [0.25, 0.3) is 5.91 Å². The van der Waals surface area contributed by atoms with Crippen LogP contribution in [0.25, 0.3) is 0 Å². The zero-order valence-corrected chi connectivity index (χ0v) is 16.6. The monoisotopic (exact) mass is 438 g/mol. The Labute approximate surface area is 169 Å². The van der Waals surface area contributed by atoms with Crippen LogP contribution >= 0.6 is 0 Å². The number of rotatable bonds is 3. The number of benzene rings is 1. The molecular formula is C18H16F2N4O5S. The second kappa shape index (κ2) is 6.92. The van der Waals surface area contributed by atoms with E-state index in [9.17, 15) is 22.0 Å². The number of aromatic nitrogens is 2. The molecule has 1 atom stereocenters. The molecule has 158 valence electrons. The van der Waals surface area contributed by atoms with Gasteiger partial charge in [-0.3, -0.25) is 4.79 Å². The van der Waals surface area contributed by atoms with Crippen LogP contribution in [-0.4, -0.2) is 30.5 Å². The van der Waals surface area contributed by atoms with Crippen molar-refractivity contribution in [3.05, 3.63) is 60.1 Å². The van der Waals surface area contributed by atoms with E-state index >= 15 is 0 Å². The van der Waals surface area contributed by atoms with E-state index in [0.717, 1.165) is 12.1 Å². The molecule has 1 aliphatic rings. The van der Waals surface area contributed by atoms with Crippen molar-refractivity contribution >= 4 is 21.6 Å². The summed E-state index contributed by atoms with van der Waals surface area (Å²) in [7, 11) is -2.66. The van der Waals surface area contributed by atoms with Gasteiger partial charge in [-0.2, -0.15) is 4.72 Å². The summed E-state index contributed by atoms with van der Waals surface area (Å²) >= 11 is 0. The highest BCUT2D eigenvalue weighted by atomic mass is 32.2. The summed E-state index contributed by atoms with van der Waals surface area (Å²) in [6.45, 7) is 1.32. The number of hydrogen-bond acceptors (Lipinski definition) is 6. The number of aryl methyl sites for hydroxylation is 1. The number of hydrogen-bond donors (Lipinski definition) is 2. The van der Waals surface area contributed by atoms with E-state index in [1.54, 1.807) is 0 Å². The molecule has 0 aliphatic carbocycles. The Morgan fingerprint density at radius 2 is 2.10 bits per heavy atom. The largest absolute Gasteiger partial charge is 0.487 e. The average Bonchev–Trinajstić information content (AvgIpc) is 3.29. The second-order valence-electron chi connectivity index (χ2n) is 6.93. The highest BCUT2D eigenvalue weighted by Gasteiger charge is 2.43. The highest BCUT2D eigenvalue weighted by molar-refractivity contribution is 7.89. The number of halogens is 2. The molecular weight excluding hydrogens is 422 g/mol. The summed E-state index contributed by atoms with van der Waals surface area (Å²) in [5, 5.41) is 2.41. The van der Waals surface area contributed by atoms with Gasteiger partial charge in [0.1, 0.15) is 23.3 Å². The summed E-state index contributed by atoms with van der Waals surface area (Å²) in [6, 6.07) is 2.85. The molecule has 0 radical (unpaired) electrons. The average molecular weight is 438 g/mol. The van der Waals surface area contributed by atoms with Crippen LogP contribution in [0.1, 0.15) is 23.3 Å². The van der Waals surface area contributed by atoms with Gasteiger partial charge in [-0.05, 0) is 19.1 Å². The maximum atomic E-state index is 13.4. The molecule has 1 amide bonds. The van der Waals surface area contributed by atoms with E-state index in [1.165, 1.54) is 43.3 Å². The molecule has 3 heterocycles. The highest BCUT2D eigenvalue weighted by Crippen LogP contribution is 2.36. The van der Waals surface area contributed by atoms with Crippen LogP contribution < -0.4 is 14.8 Å². The van der Waals surface area contributed by atoms with Crippen LogP contribution in [0.3, 0.4) is 0 Å². The molecule has 4 rings (SSSR count). The predicted molar refractivity (Wildman–Crippen MR) is 99.4 cm³/mol. The third kappa shape index (κ3) is 3.33. The number of nitrogens with zero attached hydrogens (tertiary/aromatic N) is 2. The first-order chi connectivity index (χ1) is 14.1. The Balaban J connectivity index is 1.71. The van der Waals surface area contributed by atoms with Crippen LogP contribution in [-0.2, 0) is 22.6 Å². The van der Waals surface area contributed by atoms with E-state index in [2.05, 4.69) is 15.0 Å². The molecule has 30 heavy (non-hydrogen) atoms. The zero-order valence-electron chi connectivity index (χ0n) is 15.8. The lowest BCUT2D eigenvalue weighted by Gasteiger charge is -2.24. The molecule has 0 saturated heterocycles. The minimum absolute atomic E-state index is 0.00641. The van der Waals surface area contributed by atoms with E-state index < -0.39 is 33.1 Å². The Kier molecular flexibility index (Phi) is 4.62. The summed E-state index contributed by atoms with van der Waals surface area (Å²) in [4.78, 5) is 16.5. The molecule has 0 saturated carbocycles. The van der Waals surface area contributed by atoms with Crippen molar-refractivity contribution in [3.63, 3.8) is 0 Å². The maximum Gasteiger partial charge on any atom is 0.276 e. The maximum absolute atomic E-state index is 13.4. The predicted octanol–water partition coefficient (Wildman–Crippen LogP) is 2.13. The number of ether oxygens (including phenoxy) is 1. The van der Waals surface area contributed by atoms with E-state index in [-0.39, 0.29) is 34.5 Å². The molecule has 12 heteroatoms. The van der Waals surface area contributed by atoms with Crippen LogP contribution in [0.5, 0.6) is 5.75 Å². The van der Waals surface area contributed by atoms with E-state index in [4.69, 9.17) is 9.15 Å². The molecule has 0 bridgehead atoms. The van der Waals surface area contributed by atoms with Crippen LogP contribution in [0.15, 0.2) is 46.2 Å². The number of oxazole rings is 1. The van der Waals surface area contributed by atoms with Gasteiger partial charge in [-0.1, -0.05) is 0 Å². The molecule has 9 nitrogen and oxygen atoms in total. The van der Waals surface area contributed by atoms with Crippen LogP contribution in [0.4, 0.5) is 14.5 Å². The lowest BCUT2D eigenvalue weighted by molar-refractivity contribution is 0.101. The molecule has 1 aliphatic heterocycles. The van der Waals surface area contributed by atoms with Gasteiger partial charge in [0.05, 0.1) is 6.20 Å². The van der Waals surface area contributed by atoms with Crippen molar-refractivity contribution in [3.8, 4) is 5.75 Å². The van der Waals surface area contributed by atoms with Crippen LogP contribution in [0, 0.1) is 11.6 Å². The molecule has 2 aromatic heterocycles. The number of anilines is 1. The first kappa shape index (κ1) is 20.0. The number of amides is 1. The molecule has 2 N–H and O–H groups in total.